The van der Waals surface area contributed by atoms with Crippen molar-refractivity contribution in [2.45, 2.75) is 24.9 Å². The first kappa shape index (κ1) is 14.2. The van der Waals surface area contributed by atoms with Crippen molar-refractivity contribution >= 4 is 23.3 Å². The Balaban J connectivity index is 2.27. The van der Waals surface area contributed by atoms with Gasteiger partial charge in [-0.05, 0) is 38.6 Å². The number of carbonyl (C=O) groups excluding carboxylic acids is 1. The van der Waals surface area contributed by atoms with E-state index in [0.717, 1.165) is 5.69 Å². The van der Waals surface area contributed by atoms with E-state index in [1.165, 1.54) is 7.11 Å². The molecule has 0 saturated carbocycles. The van der Waals surface area contributed by atoms with Gasteiger partial charge < -0.3 is 15.0 Å². The predicted octanol–water partition coefficient (Wildman–Crippen LogP) is 2.39. The van der Waals surface area contributed by atoms with Crippen LogP contribution in [0.5, 0.6) is 0 Å². The Hall–Kier alpha value is -1.26. The fraction of sp³-hybridized carbons (Fsp3) is 0.500. The first-order chi connectivity index (χ1) is 8.97. The molecular formula is C14H19ClN2O2. The largest absolute Gasteiger partial charge is 0.467 e. The standard InChI is InChI=1S/C14H19ClN2O2/c1-10-8-14(9-17(10)2,13(18)19-3)16-12-6-4-5-11(15)7-12/h4-7,10,16H,8-9H2,1-3H3. The summed E-state index contributed by atoms with van der Waals surface area (Å²) in [5.41, 5.74) is 0.133. The summed E-state index contributed by atoms with van der Waals surface area (Å²) in [6, 6.07) is 7.71. The molecule has 2 rings (SSSR count). The topological polar surface area (TPSA) is 41.6 Å². The highest BCUT2D eigenvalue weighted by Crippen LogP contribution is 2.31. The number of nitrogens with one attached hydrogen (secondary N) is 1. The fourth-order valence-corrected chi connectivity index (χ4v) is 2.82. The molecule has 1 aromatic carbocycles. The van der Waals surface area contributed by atoms with Crippen molar-refractivity contribution in [3.05, 3.63) is 29.3 Å². The van der Waals surface area contributed by atoms with E-state index in [1.807, 2.05) is 25.2 Å². The zero-order chi connectivity index (χ0) is 14.0. The summed E-state index contributed by atoms with van der Waals surface area (Å²) in [6.45, 7) is 2.72. The van der Waals surface area contributed by atoms with E-state index in [1.54, 1.807) is 6.07 Å². The summed E-state index contributed by atoms with van der Waals surface area (Å²) in [5, 5.41) is 3.95. The Morgan fingerprint density at radius 1 is 1.58 bits per heavy atom. The van der Waals surface area contributed by atoms with Crippen LogP contribution in [0.2, 0.25) is 5.02 Å². The van der Waals surface area contributed by atoms with Crippen molar-refractivity contribution in [3.8, 4) is 0 Å². The van der Waals surface area contributed by atoms with Gasteiger partial charge in [0, 0.05) is 23.3 Å². The third-order valence-electron chi connectivity index (χ3n) is 3.70. The minimum Gasteiger partial charge on any atom is -0.467 e. The molecule has 1 aliphatic heterocycles. The van der Waals surface area contributed by atoms with E-state index in [9.17, 15) is 4.79 Å². The van der Waals surface area contributed by atoms with E-state index in [2.05, 4.69) is 17.1 Å². The highest BCUT2D eigenvalue weighted by atomic mass is 35.5. The van der Waals surface area contributed by atoms with E-state index < -0.39 is 5.54 Å². The summed E-state index contributed by atoms with van der Waals surface area (Å²) in [5.74, 6) is -0.233. The minimum absolute atomic E-state index is 0.233. The molecule has 0 radical (unpaired) electrons. The predicted molar refractivity (Wildman–Crippen MR) is 76.5 cm³/mol. The Morgan fingerprint density at radius 2 is 2.32 bits per heavy atom. The van der Waals surface area contributed by atoms with Gasteiger partial charge in [-0.15, -0.1) is 0 Å². The quantitative estimate of drug-likeness (QED) is 0.865. The minimum atomic E-state index is -0.701. The summed E-state index contributed by atoms with van der Waals surface area (Å²) in [4.78, 5) is 14.3. The molecule has 0 bridgehead atoms. The van der Waals surface area contributed by atoms with Crippen LogP contribution >= 0.6 is 11.6 Å². The van der Waals surface area contributed by atoms with Crippen molar-refractivity contribution in [2.75, 3.05) is 26.0 Å². The van der Waals surface area contributed by atoms with Crippen LogP contribution < -0.4 is 5.32 Å². The van der Waals surface area contributed by atoms with Crippen LogP contribution in [0, 0.1) is 0 Å². The van der Waals surface area contributed by atoms with Crippen LogP contribution in [0.1, 0.15) is 13.3 Å². The summed E-state index contributed by atoms with van der Waals surface area (Å²) in [7, 11) is 3.43. The lowest BCUT2D eigenvalue weighted by molar-refractivity contribution is -0.145. The van der Waals surface area contributed by atoms with Gasteiger partial charge in [0.05, 0.1) is 7.11 Å². The van der Waals surface area contributed by atoms with Crippen LogP contribution in [0.15, 0.2) is 24.3 Å². The van der Waals surface area contributed by atoms with E-state index >= 15 is 0 Å². The lowest BCUT2D eigenvalue weighted by Gasteiger charge is -2.28. The number of nitrogens with zero attached hydrogens (tertiary/aromatic N) is 1. The van der Waals surface area contributed by atoms with Gasteiger partial charge in [0.25, 0.3) is 0 Å². The van der Waals surface area contributed by atoms with Crippen LogP contribution in [0.4, 0.5) is 5.69 Å². The third-order valence-corrected chi connectivity index (χ3v) is 3.94. The van der Waals surface area contributed by atoms with Gasteiger partial charge in [0.1, 0.15) is 5.54 Å². The Morgan fingerprint density at radius 3 is 2.84 bits per heavy atom. The maximum atomic E-state index is 12.2. The zero-order valence-corrected chi connectivity index (χ0v) is 12.2. The molecule has 1 aliphatic rings. The number of rotatable bonds is 3. The smallest absolute Gasteiger partial charge is 0.332 e. The number of esters is 1. The zero-order valence-electron chi connectivity index (χ0n) is 11.4. The number of hydrogen-bond acceptors (Lipinski definition) is 4. The molecule has 0 amide bonds. The fourth-order valence-electron chi connectivity index (χ4n) is 2.63. The lowest BCUT2D eigenvalue weighted by atomic mass is 9.95. The second kappa shape index (κ2) is 5.39. The number of hydrogen-bond donors (Lipinski definition) is 1. The number of benzene rings is 1. The number of likely N-dealkylation sites (N-methyl/N-ethyl adjacent to an activating group) is 1. The van der Waals surface area contributed by atoms with Crippen LogP contribution in [0.3, 0.4) is 0 Å². The number of ether oxygens (including phenoxy) is 1. The monoisotopic (exact) mass is 282 g/mol. The second-order valence-electron chi connectivity index (χ2n) is 5.18. The van der Waals surface area contributed by atoms with Gasteiger partial charge in [0.15, 0.2) is 0 Å². The number of methoxy groups -OCH3 is 1. The summed E-state index contributed by atoms with van der Waals surface area (Å²) in [6.07, 6.45) is 0.711. The SMILES string of the molecule is COC(=O)C1(Nc2cccc(Cl)c2)CC(C)N(C)C1. The van der Waals surface area contributed by atoms with Gasteiger partial charge in [-0.2, -0.15) is 0 Å². The van der Waals surface area contributed by atoms with Crippen molar-refractivity contribution < 1.29 is 9.53 Å². The molecule has 2 unspecified atom stereocenters. The maximum absolute atomic E-state index is 12.2. The Kier molecular flexibility index (Phi) is 4.02. The molecule has 0 spiro atoms. The summed E-state index contributed by atoms with van der Waals surface area (Å²) < 4.78 is 4.98. The van der Waals surface area contributed by atoms with Crippen molar-refractivity contribution in [2.24, 2.45) is 0 Å². The number of likely N-dealkylation sites (tertiary alicyclic amines) is 1. The molecule has 1 saturated heterocycles. The van der Waals surface area contributed by atoms with E-state index in [-0.39, 0.29) is 5.97 Å². The molecular weight excluding hydrogens is 264 g/mol. The van der Waals surface area contributed by atoms with Crippen molar-refractivity contribution in [3.63, 3.8) is 0 Å². The average molecular weight is 283 g/mol. The summed E-state index contributed by atoms with van der Waals surface area (Å²) >= 11 is 5.98. The molecule has 1 aromatic rings. The number of carbonyl (C=O) groups is 1. The highest BCUT2D eigenvalue weighted by molar-refractivity contribution is 6.30. The third kappa shape index (κ3) is 2.85. The molecule has 1 heterocycles. The average Bonchev–Trinajstić information content (AvgIpc) is 2.64. The van der Waals surface area contributed by atoms with Crippen LogP contribution in [-0.4, -0.2) is 43.2 Å². The molecule has 4 nitrogen and oxygen atoms in total. The van der Waals surface area contributed by atoms with Crippen molar-refractivity contribution in [1.82, 2.24) is 4.90 Å². The second-order valence-corrected chi connectivity index (χ2v) is 5.61. The lowest BCUT2D eigenvalue weighted by Crippen LogP contribution is -2.49. The van der Waals surface area contributed by atoms with Crippen LogP contribution in [0.25, 0.3) is 0 Å². The maximum Gasteiger partial charge on any atom is 0.332 e. The van der Waals surface area contributed by atoms with Gasteiger partial charge in [-0.25, -0.2) is 4.79 Å². The Bertz CT molecular complexity index is 468. The van der Waals surface area contributed by atoms with Gasteiger partial charge >= 0.3 is 5.97 Å². The molecule has 0 aromatic heterocycles. The van der Waals surface area contributed by atoms with Crippen molar-refractivity contribution in [1.29, 1.82) is 0 Å². The molecule has 19 heavy (non-hydrogen) atoms. The first-order valence-electron chi connectivity index (χ1n) is 6.29. The van der Waals surface area contributed by atoms with Crippen LogP contribution in [-0.2, 0) is 9.53 Å². The van der Waals surface area contributed by atoms with Gasteiger partial charge in [-0.3, -0.25) is 0 Å². The van der Waals surface area contributed by atoms with E-state index in [4.69, 9.17) is 16.3 Å². The molecule has 0 aliphatic carbocycles. The molecule has 1 fully saturated rings. The number of halogens is 1. The van der Waals surface area contributed by atoms with Gasteiger partial charge in [-0.1, -0.05) is 17.7 Å². The Labute approximate surface area is 118 Å². The van der Waals surface area contributed by atoms with E-state index in [0.29, 0.717) is 24.0 Å². The highest BCUT2D eigenvalue weighted by Gasteiger charge is 2.47. The normalized spacial score (nSPS) is 27.3. The molecule has 5 heteroatoms. The molecule has 2 atom stereocenters. The molecule has 104 valence electrons. The van der Waals surface area contributed by atoms with Gasteiger partial charge in [0.2, 0.25) is 0 Å². The first-order valence-corrected chi connectivity index (χ1v) is 6.67. The molecule has 1 N–H and O–H groups in total. The number of anilines is 1.